The van der Waals surface area contributed by atoms with Crippen molar-refractivity contribution in [2.45, 2.75) is 56.3 Å². The molecule has 1 aliphatic rings. The molecule has 182 valence electrons. The molecule has 0 saturated carbocycles. The lowest BCUT2D eigenvalue weighted by Gasteiger charge is -2.38. The van der Waals surface area contributed by atoms with Gasteiger partial charge in [-0.3, -0.25) is 0 Å². The van der Waals surface area contributed by atoms with Crippen LogP contribution >= 0.6 is 11.6 Å². The summed E-state index contributed by atoms with van der Waals surface area (Å²) >= 11 is 6.22. The van der Waals surface area contributed by atoms with Crippen molar-refractivity contribution in [1.29, 1.82) is 0 Å². The van der Waals surface area contributed by atoms with Crippen molar-refractivity contribution >= 4 is 39.1 Å². The van der Waals surface area contributed by atoms with Gasteiger partial charge < -0.3 is 15.3 Å². The van der Waals surface area contributed by atoms with Gasteiger partial charge in [0, 0.05) is 25.3 Å². The van der Waals surface area contributed by atoms with Gasteiger partial charge in [-0.15, -0.1) is 0 Å². The summed E-state index contributed by atoms with van der Waals surface area (Å²) in [6.45, 7) is 5.21. The van der Waals surface area contributed by atoms with Crippen LogP contribution in [0, 0.1) is 0 Å². The lowest BCUT2D eigenvalue weighted by Crippen LogP contribution is -2.47. The van der Waals surface area contributed by atoms with E-state index in [4.69, 9.17) is 11.6 Å². The van der Waals surface area contributed by atoms with Crippen molar-refractivity contribution in [2.24, 2.45) is 0 Å². The summed E-state index contributed by atoms with van der Waals surface area (Å²) in [5.74, 6) is -0.502. The van der Waals surface area contributed by atoms with Crippen molar-refractivity contribution in [1.82, 2.24) is 14.7 Å². The first-order chi connectivity index (χ1) is 15.2. The maximum absolute atomic E-state index is 13.6. The van der Waals surface area contributed by atoms with Crippen molar-refractivity contribution in [2.75, 3.05) is 23.3 Å². The van der Waals surface area contributed by atoms with Gasteiger partial charge in [0.1, 0.15) is 11.4 Å². The number of halogens is 4. The quantitative estimate of drug-likeness (QED) is 0.543. The summed E-state index contributed by atoms with van der Waals surface area (Å²) in [6, 6.07) is 3.60. The number of rotatable bonds is 6. The van der Waals surface area contributed by atoms with Gasteiger partial charge in [-0.05, 0) is 51.8 Å². The minimum Gasteiger partial charge on any atom is -0.388 e. The predicted molar refractivity (Wildman–Crippen MR) is 119 cm³/mol. The molecule has 1 atom stereocenters. The number of hydrogen-bond acceptors (Lipinski definition) is 7. The van der Waals surface area contributed by atoms with Crippen LogP contribution in [0.5, 0.6) is 0 Å². The number of sulfonamides is 1. The Bertz CT molecular complexity index is 1130. The van der Waals surface area contributed by atoms with Gasteiger partial charge >= 0.3 is 6.18 Å². The highest BCUT2D eigenvalue weighted by Crippen LogP contribution is 2.38. The molecule has 0 bridgehead atoms. The maximum Gasteiger partial charge on any atom is 0.421 e. The van der Waals surface area contributed by atoms with Crippen LogP contribution in [-0.4, -0.2) is 48.2 Å². The van der Waals surface area contributed by atoms with Crippen LogP contribution in [0.3, 0.4) is 0 Å². The third kappa shape index (κ3) is 6.25. The molecule has 33 heavy (non-hydrogen) atoms. The Morgan fingerprint density at radius 2 is 2.00 bits per heavy atom. The molecule has 0 spiro atoms. The first-order valence-corrected chi connectivity index (χ1v) is 12.0. The average Bonchev–Trinajstić information content (AvgIpc) is 2.67. The van der Waals surface area contributed by atoms with E-state index < -0.39 is 27.4 Å². The summed E-state index contributed by atoms with van der Waals surface area (Å²) in [7, 11) is -3.77. The molecule has 0 radical (unpaired) electrons. The Kier molecular flexibility index (Phi) is 7.13. The molecule has 8 nitrogen and oxygen atoms in total. The lowest BCUT2D eigenvalue weighted by molar-refractivity contribution is -0.137. The van der Waals surface area contributed by atoms with Crippen LogP contribution in [0.1, 0.15) is 39.2 Å². The smallest absolute Gasteiger partial charge is 0.388 e. The van der Waals surface area contributed by atoms with E-state index in [1.165, 1.54) is 23.1 Å². The van der Waals surface area contributed by atoms with Crippen LogP contribution in [0.4, 0.5) is 30.6 Å². The first-order valence-electron chi connectivity index (χ1n) is 10.2. The van der Waals surface area contributed by atoms with Gasteiger partial charge in [-0.25, -0.2) is 18.1 Å². The van der Waals surface area contributed by atoms with E-state index in [9.17, 15) is 26.7 Å². The van der Waals surface area contributed by atoms with E-state index >= 15 is 0 Å². The largest absolute Gasteiger partial charge is 0.421 e. The summed E-state index contributed by atoms with van der Waals surface area (Å²) in [5, 5.41) is 13.1. The highest BCUT2D eigenvalue weighted by Gasteiger charge is 2.39. The van der Waals surface area contributed by atoms with E-state index in [1.807, 2.05) is 0 Å². The number of aliphatic hydroxyl groups is 1. The van der Waals surface area contributed by atoms with Gasteiger partial charge in [-0.1, -0.05) is 11.6 Å². The topological polar surface area (TPSA) is 107 Å². The fourth-order valence-electron chi connectivity index (χ4n) is 3.54. The lowest BCUT2D eigenvalue weighted by atomic mass is 9.95. The summed E-state index contributed by atoms with van der Waals surface area (Å²) in [6.07, 6.45) is -3.04. The number of nitrogens with one attached hydrogen (secondary N) is 2. The number of aromatic nitrogens is 2. The minimum atomic E-state index is -4.69. The van der Waals surface area contributed by atoms with E-state index in [0.29, 0.717) is 25.6 Å². The third-order valence-electron chi connectivity index (χ3n) is 4.94. The molecule has 2 heterocycles. The number of β-amino-alcohol motifs (C(OH)–C–C–N with tert-alkyl or cyclic N) is 1. The Balaban J connectivity index is 1.93. The molecule has 1 saturated heterocycles. The van der Waals surface area contributed by atoms with Crippen LogP contribution in [0.2, 0.25) is 5.02 Å². The monoisotopic (exact) mass is 507 g/mol. The zero-order valence-corrected chi connectivity index (χ0v) is 19.8. The van der Waals surface area contributed by atoms with Gasteiger partial charge in [0.25, 0.3) is 0 Å². The number of nitrogens with zero attached hydrogens (tertiary/aromatic N) is 3. The molecule has 1 aromatic heterocycles. The van der Waals surface area contributed by atoms with Gasteiger partial charge in [0.2, 0.25) is 16.0 Å². The van der Waals surface area contributed by atoms with Gasteiger partial charge in [-0.2, -0.15) is 18.2 Å². The van der Waals surface area contributed by atoms with E-state index in [2.05, 4.69) is 20.0 Å². The minimum absolute atomic E-state index is 0.0112. The SMILES string of the molecule is CC(C)NS(=O)(=O)c1ccc(Nc2ncc(C(F)(F)F)c(N3CCC[C@](C)(O)C3)n2)c(Cl)c1. The standard InChI is InChI=1S/C20H25ClF3N5O3S/c1-12(2)28-33(31,32)13-5-6-16(15(21)9-13)26-18-25-10-14(20(22,23)24)17(27-18)29-8-4-7-19(3,30)11-29/h5-6,9-10,12,28,30H,4,7-8,11H2,1-3H3,(H,25,26,27)/t19-/m0/s1. The zero-order valence-electron chi connectivity index (χ0n) is 18.2. The van der Waals surface area contributed by atoms with Crippen molar-refractivity contribution < 1.29 is 26.7 Å². The molecule has 0 unspecified atom stereocenters. The summed E-state index contributed by atoms with van der Waals surface area (Å²) in [5.41, 5.74) is -1.94. The molecule has 0 amide bonds. The number of anilines is 3. The van der Waals surface area contributed by atoms with E-state index in [-0.39, 0.29) is 40.0 Å². The second-order valence-electron chi connectivity index (χ2n) is 8.49. The highest BCUT2D eigenvalue weighted by molar-refractivity contribution is 7.89. The van der Waals surface area contributed by atoms with Crippen LogP contribution < -0.4 is 14.9 Å². The highest BCUT2D eigenvalue weighted by atomic mass is 35.5. The molecule has 0 aliphatic carbocycles. The Labute approximate surface area is 195 Å². The Morgan fingerprint density at radius 3 is 2.58 bits per heavy atom. The van der Waals surface area contributed by atoms with Crippen molar-refractivity contribution in [3.8, 4) is 0 Å². The molecular weight excluding hydrogens is 483 g/mol. The molecule has 1 aliphatic heterocycles. The predicted octanol–water partition coefficient (Wildman–Crippen LogP) is 3.93. The normalized spacial score (nSPS) is 19.7. The number of alkyl halides is 3. The Hall–Kier alpha value is -2.15. The number of benzene rings is 1. The molecule has 1 fully saturated rings. The Morgan fingerprint density at radius 1 is 1.30 bits per heavy atom. The molecule has 3 N–H and O–H groups in total. The van der Waals surface area contributed by atoms with Crippen molar-refractivity contribution in [3.05, 3.63) is 35.0 Å². The molecule has 3 rings (SSSR count). The number of piperidine rings is 1. The second-order valence-corrected chi connectivity index (χ2v) is 10.6. The molecule has 2 aromatic rings. The van der Waals surface area contributed by atoms with Crippen LogP contribution in [0.25, 0.3) is 0 Å². The summed E-state index contributed by atoms with van der Waals surface area (Å²) in [4.78, 5) is 9.15. The van der Waals surface area contributed by atoms with Crippen LogP contribution in [-0.2, 0) is 16.2 Å². The summed E-state index contributed by atoms with van der Waals surface area (Å²) < 4.78 is 67.9. The number of hydrogen-bond donors (Lipinski definition) is 3. The zero-order chi connectivity index (χ0) is 24.6. The van der Waals surface area contributed by atoms with Gasteiger partial charge in [0.05, 0.1) is 21.2 Å². The second kappa shape index (κ2) is 9.24. The van der Waals surface area contributed by atoms with Crippen molar-refractivity contribution in [3.63, 3.8) is 0 Å². The van der Waals surface area contributed by atoms with Crippen LogP contribution in [0.15, 0.2) is 29.3 Å². The first kappa shape index (κ1) is 25.5. The fraction of sp³-hybridized carbons (Fsp3) is 0.500. The molecular formula is C20H25ClF3N5O3S. The van der Waals surface area contributed by atoms with E-state index in [0.717, 1.165) is 0 Å². The molecule has 13 heteroatoms. The average molecular weight is 508 g/mol. The maximum atomic E-state index is 13.6. The fourth-order valence-corrected chi connectivity index (χ4v) is 5.11. The van der Waals surface area contributed by atoms with E-state index in [1.54, 1.807) is 20.8 Å². The third-order valence-corrected chi connectivity index (χ3v) is 6.91. The van der Waals surface area contributed by atoms with Gasteiger partial charge in [0.15, 0.2) is 0 Å². The molecule has 1 aromatic carbocycles.